The summed E-state index contributed by atoms with van der Waals surface area (Å²) < 4.78 is 5.32. The molecule has 110 valence electrons. The van der Waals surface area contributed by atoms with Gasteiger partial charge >= 0.3 is 5.97 Å². The van der Waals surface area contributed by atoms with Crippen molar-refractivity contribution in [3.63, 3.8) is 0 Å². The third-order valence-electron chi connectivity index (χ3n) is 3.43. The number of para-hydroxylation sites is 1. The van der Waals surface area contributed by atoms with Gasteiger partial charge in [0.05, 0.1) is 16.1 Å². The molecular weight excluding hydrogens is 300 g/mol. The van der Waals surface area contributed by atoms with Gasteiger partial charge in [-0.3, -0.25) is 9.97 Å². The number of fused-ring (bicyclic) bond motifs is 1. The largest absolute Gasteiger partial charge is 0.457 e. The van der Waals surface area contributed by atoms with E-state index in [1.807, 2.05) is 25.1 Å². The Morgan fingerprint density at radius 1 is 1.23 bits per heavy atom. The van der Waals surface area contributed by atoms with E-state index >= 15 is 0 Å². The van der Waals surface area contributed by atoms with E-state index in [1.165, 1.54) is 6.20 Å². The van der Waals surface area contributed by atoms with Crippen LogP contribution in [0.1, 0.15) is 21.5 Å². The summed E-state index contributed by atoms with van der Waals surface area (Å²) in [6.07, 6.45) is 4.85. The molecule has 0 fully saturated rings. The molecule has 3 rings (SSSR count). The van der Waals surface area contributed by atoms with Crippen molar-refractivity contribution in [2.45, 2.75) is 13.5 Å². The molecule has 0 aliphatic rings. The summed E-state index contributed by atoms with van der Waals surface area (Å²) in [4.78, 5) is 20.5. The number of carbonyl (C=O) groups excluding carboxylic acids is 1. The molecule has 0 aliphatic heterocycles. The van der Waals surface area contributed by atoms with Gasteiger partial charge in [0, 0.05) is 29.5 Å². The third kappa shape index (κ3) is 2.78. The first-order valence-corrected chi connectivity index (χ1v) is 7.14. The summed E-state index contributed by atoms with van der Waals surface area (Å²) in [5.74, 6) is -0.407. The highest BCUT2D eigenvalue weighted by Crippen LogP contribution is 2.26. The summed E-state index contributed by atoms with van der Waals surface area (Å²) in [5.41, 5.74) is 2.78. The maximum Gasteiger partial charge on any atom is 0.340 e. The molecule has 0 radical (unpaired) electrons. The van der Waals surface area contributed by atoms with Gasteiger partial charge in [-0.15, -0.1) is 0 Å². The molecule has 4 nitrogen and oxygen atoms in total. The molecule has 0 amide bonds. The topological polar surface area (TPSA) is 52.1 Å². The number of halogens is 1. The lowest BCUT2D eigenvalue weighted by Gasteiger charge is -2.09. The molecule has 0 spiro atoms. The number of pyridine rings is 2. The molecular formula is C17H13ClN2O2. The van der Waals surface area contributed by atoms with E-state index in [9.17, 15) is 4.79 Å². The summed E-state index contributed by atoms with van der Waals surface area (Å²) >= 11 is 6.12. The van der Waals surface area contributed by atoms with Crippen LogP contribution in [-0.2, 0) is 11.3 Å². The average molecular weight is 313 g/mol. The first kappa shape index (κ1) is 14.5. The van der Waals surface area contributed by atoms with Gasteiger partial charge in [-0.05, 0) is 24.6 Å². The van der Waals surface area contributed by atoms with Crippen molar-refractivity contribution in [1.29, 1.82) is 0 Å². The number of aryl methyl sites for hydroxylation is 1. The second-order valence-electron chi connectivity index (χ2n) is 4.87. The van der Waals surface area contributed by atoms with Crippen molar-refractivity contribution >= 4 is 28.5 Å². The lowest BCUT2D eigenvalue weighted by molar-refractivity contribution is 0.0471. The van der Waals surface area contributed by atoms with Crippen molar-refractivity contribution in [3.8, 4) is 0 Å². The maximum absolute atomic E-state index is 12.3. The molecule has 0 N–H and O–H groups in total. The summed E-state index contributed by atoms with van der Waals surface area (Å²) in [6.45, 7) is 2.04. The monoisotopic (exact) mass is 312 g/mol. The molecule has 3 aromatic rings. The van der Waals surface area contributed by atoms with Crippen LogP contribution in [0.4, 0.5) is 0 Å². The number of aromatic nitrogens is 2. The van der Waals surface area contributed by atoms with Crippen LogP contribution >= 0.6 is 11.6 Å². The van der Waals surface area contributed by atoms with E-state index in [0.717, 1.165) is 16.5 Å². The molecule has 1 aromatic carbocycles. The first-order valence-electron chi connectivity index (χ1n) is 6.76. The van der Waals surface area contributed by atoms with E-state index in [2.05, 4.69) is 9.97 Å². The molecule has 22 heavy (non-hydrogen) atoms. The van der Waals surface area contributed by atoms with Crippen molar-refractivity contribution in [2.75, 3.05) is 0 Å². The number of esters is 1. The van der Waals surface area contributed by atoms with Gasteiger partial charge in [0.15, 0.2) is 0 Å². The van der Waals surface area contributed by atoms with E-state index in [4.69, 9.17) is 16.3 Å². The van der Waals surface area contributed by atoms with Gasteiger partial charge in [-0.1, -0.05) is 29.8 Å². The second kappa shape index (κ2) is 6.12. The molecule has 2 aromatic heterocycles. The Morgan fingerprint density at radius 2 is 2.09 bits per heavy atom. The molecule has 0 bridgehead atoms. The number of hydrogen-bond acceptors (Lipinski definition) is 4. The molecule has 0 aliphatic carbocycles. The number of nitrogens with zero attached hydrogens (tertiary/aromatic N) is 2. The fourth-order valence-corrected chi connectivity index (χ4v) is 2.46. The van der Waals surface area contributed by atoms with E-state index in [0.29, 0.717) is 16.1 Å². The lowest BCUT2D eigenvalue weighted by Crippen LogP contribution is -2.08. The standard InChI is InChI=1S/C17H13ClN2O2/c1-11-13-5-2-6-15(18)16(13)20-9-14(11)17(21)22-10-12-4-3-7-19-8-12/h2-9H,10H2,1H3. The zero-order valence-corrected chi connectivity index (χ0v) is 12.7. The van der Waals surface area contributed by atoms with Gasteiger partial charge in [0.25, 0.3) is 0 Å². The first-order chi connectivity index (χ1) is 10.7. The number of hydrogen-bond donors (Lipinski definition) is 0. The van der Waals surface area contributed by atoms with Gasteiger partial charge in [-0.2, -0.15) is 0 Å². The van der Waals surface area contributed by atoms with Gasteiger partial charge in [-0.25, -0.2) is 4.79 Å². The van der Waals surface area contributed by atoms with Crippen molar-refractivity contribution in [1.82, 2.24) is 9.97 Å². The fraction of sp³-hybridized carbons (Fsp3) is 0.118. The van der Waals surface area contributed by atoms with E-state index < -0.39 is 5.97 Å². The minimum atomic E-state index is -0.407. The Bertz CT molecular complexity index is 835. The van der Waals surface area contributed by atoms with E-state index in [-0.39, 0.29) is 6.61 Å². The van der Waals surface area contributed by atoms with Gasteiger partial charge < -0.3 is 4.74 Å². The predicted molar refractivity (Wildman–Crippen MR) is 84.8 cm³/mol. The smallest absolute Gasteiger partial charge is 0.340 e. The molecule has 0 atom stereocenters. The maximum atomic E-state index is 12.3. The van der Waals surface area contributed by atoms with Crippen LogP contribution in [0.25, 0.3) is 10.9 Å². The molecule has 0 saturated carbocycles. The van der Waals surface area contributed by atoms with E-state index in [1.54, 1.807) is 24.5 Å². The zero-order chi connectivity index (χ0) is 15.5. The van der Waals surface area contributed by atoms with Crippen LogP contribution in [0.2, 0.25) is 5.02 Å². The normalized spacial score (nSPS) is 10.6. The zero-order valence-electron chi connectivity index (χ0n) is 11.9. The minimum absolute atomic E-state index is 0.180. The van der Waals surface area contributed by atoms with Crippen LogP contribution < -0.4 is 0 Å². The summed E-state index contributed by atoms with van der Waals surface area (Å²) in [6, 6.07) is 9.15. The highest BCUT2D eigenvalue weighted by molar-refractivity contribution is 6.35. The van der Waals surface area contributed by atoms with Crippen LogP contribution in [0.15, 0.2) is 48.9 Å². The third-order valence-corrected chi connectivity index (χ3v) is 3.74. The van der Waals surface area contributed by atoms with Crippen LogP contribution in [-0.4, -0.2) is 15.9 Å². The Balaban J connectivity index is 1.87. The summed E-state index contributed by atoms with van der Waals surface area (Å²) in [5, 5.41) is 1.42. The quantitative estimate of drug-likeness (QED) is 0.687. The number of rotatable bonds is 3. The number of carbonyl (C=O) groups is 1. The molecule has 0 saturated heterocycles. The van der Waals surface area contributed by atoms with Crippen molar-refractivity contribution in [3.05, 3.63) is 70.6 Å². The van der Waals surface area contributed by atoms with Crippen molar-refractivity contribution in [2.24, 2.45) is 0 Å². The van der Waals surface area contributed by atoms with Crippen LogP contribution in [0, 0.1) is 6.92 Å². The van der Waals surface area contributed by atoms with Gasteiger partial charge in [0.1, 0.15) is 6.61 Å². The predicted octanol–water partition coefficient (Wildman–Crippen LogP) is 3.95. The number of ether oxygens (including phenoxy) is 1. The lowest BCUT2D eigenvalue weighted by atomic mass is 10.1. The summed E-state index contributed by atoms with van der Waals surface area (Å²) in [7, 11) is 0. The highest BCUT2D eigenvalue weighted by atomic mass is 35.5. The number of benzene rings is 1. The Labute approximate surface area is 132 Å². The molecule has 5 heteroatoms. The van der Waals surface area contributed by atoms with Crippen LogP contribution in [0.5, 0.6) is 0 Å². The fourth-order valence-electron chi connectivity index (χ4n) is 2.24. The second-order valence-corrected chi connectivity index (χ2v) is 5.28. The van der Waals surface area contributed by atoms with Crippen molar-refractivity contribution < 1.29 is 9.53 Å². The Hall–Kier alpha value is -2.46. The SMILES string of the molecule is Cc1c(C(=O)OCc2cccnc2)cnc2c(Cl)cccc12. The highest BCUT2D eigenvalue weighted by Gasteiger charge is 2.15. The van der Waals surface area contributed by atoms with Gasteiger partial charge in [0.2, 0.25) is 0 Å². The molecule has 0 unspecified atom stereocenters. The Kier molecular flexibility index (Phi) is 4.02. The van der Waals surface area contributed by atoms with Crippen LogP contribution in [0.3, 0.4) is 0 Å². The molecule has 2 heterocycles. The Morgan fingerprint density at radius 3 is 2.86 bits per heavy atom. The average Bonchev–Trinajstić information content (AvgIpc) is 2.55. The minimum Gasteiger partial charge on any atom is -0.457 e.